The first-order chi connectivity index (χ1) is 12.6. The lowest BCUT2D eigenvalue weighted by atomic mass is 10.1. The Hall–Kier alpha value is -2.11. The van der Waals surface area contributed by atoms with E-state index in [0.717, 1.165) is 48.3 Å². The summed E-state index contributed by atoms with van der Waals surface area (Å²) in [5, 5.41) is 1.73. The first-order valence-electron chi connectivity index (χ1n) is 9.08. The summed E-state index contributed by atoms with van der Waals surface area (Å²) in [6.45, 7) is 6.64. The molecule has 5 nitrogen and oxygen atoms in total. The van der Waals surface area contributed by atoms with Gasteiger partial charge in [-0.1, -0.05) is 11.6 Å². The molecule has 1 aliphatic rings. The number of halogens is 1. The molecule has 136 valence electrons. The van der Waals surface area contributed by atoms with Crippen LogP contribution >= 0.6 is 11.6 Å². The third-order valence-electron chi connectivity index (χ3n) is 5.07. The Morgan fingerprint density at radius 3 is 2.58 bits per heavy atom. The maximum absolute atomic E-state index is 6.54. The van der Waals surface area contributed by atoms with E-state index in [4.69, 9.17) is 16.3 Å². The van der Waals surface area contributed by atoms with Gasteiger partial charge in [0.2, 0.25) is 0 Å². The maximum Gasteiger partial charge on any atom is 0.139 e. The molecule has 0 unspecified atom stereocenters. The number of hydrogen-bond donors (Lipinski definition) is 0. The number of likely N-dealkylation sites (tertiary alicyclic amines) is 1. The maximum atomic E-state index is 6.54. The van der Waals surface area contributed by atoms with Crippen molar-refractivity contribution in [1.29, 1.82) is 0 Å². The van der Waals surface area contributed by atoms with Crippen LogP contribution in [0.1, 0.15) is 26.7 Å². The van der Waals surface area contributed by atoms with E-state index in [1.54, 1.807) is 12.4 Å². The summed E-state index contributed by atoms with van der Waals surface area (Å²) < 4.78 is 8.28. The highest BCUT2D eigenvalue weighted by molar-refractivity contribution is 6.32. The van der Waals surface area contributed by atoms with E-state index in [2.05, 4.69) is 34.8 Å². The van der Waals surface area contributed by atoms with Crippen LogP contribution in [0.3, 0.4) is 0 Å². The zero-order valence-electron chi connectivity index (χ0n) is 15.1. The second-order valence-corrected chi connectivity index (χ2v) is 7.48. The number of piperidine rings is 1. The van der Waals surface area contributed by atoms with Crippen LogP contribution in [0.15, 0.2) is 43.1 Å². The molecule has 1 saturated heterocycles. The zero-order valence-corrected chi connectivity index (χ0v) is 15.9. The van der Waals surface area contributed by atoms with Gasteiger partial charge in [0.25, 0.3) is 0 Å². The van der Waals surface area contributed by atoms with Gasteiger partial charge < -0.3 is 14.2 Å². The average molecular weight is 371 g/mol. The second-order valence-electron chi connectivity index (χ2n) is 7.07. The smallest absolute Gasteiger partial charge is 0.139 e. The lowest BCUT2D eigenvalue weighted by Crippen LogP contribution is -2.41. The normalized spacial score (nSPS) is 16.5. The zero-order chi connectivity index (χ0) is 18.1. The minimum atomic E-state index is 0.226. The second kappa shape index (κ2) is 7.25. The van der Waals surface area contributed by atoms with Crippen LogP contribution in [-0.4, -0.2) is 44.7 Å². The van der Waals surface area contributed by atoms with Crippen molar-refractivity contribution in [3.8, 4) is 11.4 Å². The summed E-state index contributed by atoms with van der Waals surface area (Å²) >= 11 is 6.54. The molecule has 0 spiro atoms. The predicted molar refractivity (Wildman–Crippen MR) is 104 cm³/mol. The number of nitrogens with zero attached hydrogens (tertiary/aromatic N) is 4. The van der Waals surface area contributed by atoms with E-state index in [1.165, 1.54) is 6.33 Å². The largest absolute Gasteiger partial charge is 0.489 e. The molecule has 0 radical (unpaired) electrons. The van der Waals surface area contributed by atoms with Crippen molar-refractivity contribution in [1.82, 2.24) is 19.4 Å². The van der Waals surface area contributed by atoms with E-state index in [1.807, 2.05) is 22.9 Å². The summed E-state index contributed by atoms with van der Waals surface area (Å²) in [5.74, 6) is 0.768. The first kappa shape index (κ1) is 17.3. The van der Waals surface area contributed by atoms with E-state index < -0.39 is 0 Å². The fourth-order valence-corrected chi connectivity index (χ4v) is 3.76. The fourth-order valence-electron chi connectivity index (χ4n) is 3.56. The van der Waals surface area contributed by atoms with Crippen LogP contribution in [0.2, 0.25) is 5.02 Å². The minimum Gasteiger partial charge on any atom is -0.489 e. The number of benzene rings is 1. The quantitative estimate of drug-likeness (QED) is 0.685. The van der Waals surface area contributed by atoms with Gasteiger partial charge in [0, 0.05) is 30.7 Å². The fraction of sp³-hybridized carbons (Fsp3) is 0.400. The molecule has 0 amide bonds. The molecule has 4 rings (SSSR count). The van der Waals surface area contributed by atoms with Crippen molar-refractivity contribution in [3.63, 3.8) is 0 Å². The Balaban J connectivity index is 1.55. The van der Waals surface area contributed by atoms with Crippen LogP contribution in [0.4, 0.5) is 0 Å². The summed E-state index contributed by atoms with van der Waals surface area (Å²) in [6.07, 6.45) is 9.40. The number of fused-ring (bicyclic) bond motifs is 1. The SMILES string of the molecule is CC(C)N1CCC(Oc2cc3ccn(-c4cncnc4)c3cc2Cl)CC1. The molecule has 0 bridgehead atoms. The van der Waals surface area contributed by atoms with Gasteiger partial charge >= 0.3 is 0 Å². The lowest BCUT2D eigenvalue weighted by Gasteiger charge is -2.34. The van der Waals surface area contributed by atoms with Crippen molar-refractivity contribution in [2.24, 2.45) is 0 Å². The topological polar surface area (TPSA) is 43.2 Å². The monoisotopic (exact) mass is 370 g/mol. The molecule has 0 N–H and O–H groups in total. The molecule has 1 aromatic carbocycles. The highest BCUT2D eigenvalue weighted by Gasteiger charge is 2.23. The van der Waals surface area contributed by atoms with E-state index in [0.29, 0.717) is 11.1 Å². The summed E-state index contributed by atoms with van der Waals surface area (Å²) in [5.41, 5.74) is 1.93. The molecule has 3 heterocycles. The van der Waals surface area contributed by atoms with Crippen molar-refractivity contribution in [2.45, 2.75) is 38.8 Å². The number of aromatic nitrogens is 3. The van der Waals surface area contributed by atoms with Gasteiger partial charge in [-0.15, -0.1) is 0 Å². The molecule has 1 aliphatic heterocycles. The van der Waals surface area contributed by atoms with E-state index in [9.17, 15) is 0 Å². The van der Waals surface area contributed by atoms with Crippen molar-refractivity contribution in [2.75, 3.05) is 13.1 Å². The average Bonchev–Trinajstić information content (AvgIpc) is 3.06. The molecule has 3 aromatic rings. The highest BCUT2D eigenvalue weighted by Crippen LogP contribution is 2.33. The van der Waals surface area contributed by atoms with Gasteiger partial charge in [-0.3, -0.25) is 0 Å². The Bertz CT molecular complexity index is 885. The highest BCUT2D eigenvalue weighted by atomic mass is 35.5. The lowest BCUT2D eigenvalue weighted by molar-refractivity contribution is 0.0845. The van der Waals surface area contributed by atoms with Gasteiger partial charge in [-0.2, -0.15) is 0 Å². The van der Waals surface area contributed by atoms with Gasteiger partial charge in [0.1, 0.15) is 18.2 Å². The van der Waals surface area contributed by atoms with Gasteiger partial charge in [0.15, 0.2) is 0 Å². The van der Waals surface area contributed by atoms with Crippen LogP contribution < -0.4 is 4.74 Å². The van der Waals surface area contributed by atoms with Crippen molar-refractivity contribution < 1.29 is 4.74 Å². The molecule has 0 saturated carbocycles. The van der Waals surface area contributed by atoms with Crippen LogP contribution in [-0.2, 0) is 0 Å². The van der Waals surface area contributed by atoms with Crippen LogP contribution in [0, 0.1) is 0 Å². The Kier molecular flexibility index (Phi) is 4.83. The first-order valence-corrected chi connectivity index (χ1v) is 9.46. The van der Waals surface area contributed by atoms with E-state index in [-0.39, 0.29) is 6.10 Å². The Morgan fingerprint density at radius 1 is 1.15 bits per heavy atom. The molecular formula is C20H23ClN4O. The van der Waals surface area contributed by atoms with Crippen LogP contribution in [0.25, 0.3) is 16.6 Å². The van der Waals surface area contributed by atoms with Gasteiger partial charge in [-0.25, -0.2) is 9.97 Å². The number of rotatable bonds is 4. The third kappa shape index (κ3) is 3.41. The third-order valence-corrected chi connectivity index (χ3v) is 5.36. The Morgan fingerprint density at radius 2 is 1.88 bits per heavy atom. The minimum absolute atomic E-state index is 0.226. The van der Waals surface area contributed by atoms with Crippen molar-refractivity contribution in [3.05, 3.63) is 48.1 Å². The van der Waals surface area contributed by atoms with Gasteiger partial charge in [-0.05, 0) is 44.9 Å². The number of ether oxygens (including phenoxy) is 1. The van der Waals surface area contributed by atoms with Crippen molar-refractivity contribution >= 4 is 22.5 Å². The van der Waals surface area contributed by atoms with Crippen LogP contribution in [0.5, 0.6) is 5.75 Å². The molecule has 0 aliphatic carbocycles. The molecule has 0 atom stereocenters. The molecule has 1 fully saturated rings. The molecule has 2 aromatic heterocycles. The molecular weight excluding hydrogens is 348 g/mol. The summed E-state index contributed by atoms with van der Waals surface area (Å²) in [7, 11) is 0. The van der Waals surface area contributed by atoms with Gasteiger partial charge in [0.05, 0.1) is 28.6 Å². The predicted octanol–water partition coefficient (Wildman–Crippen LogP) is 4.33. The van der Waals surface area contributed by atoms with E-state index >= 15 is 0 Å². The summed E-state index contributed by atoms with van der Waals surface area (Å²) in [4.78, 5) is 10.7. The summed E-state index contributed by atoms with van der Waals surface area (Å²) in [6, 6.07) is 6.65. The molecule has 6 heteroatoms. The Labute approximate surface area is 158 Å². The molecule has 26 heavy (non-hydrogen) atoms. The number of hydrogen-bond acceptors (Lipinski definition) is 4. The standard InChI is InChI=1S/C20H23ClN4O/c1-14(2)24-6-4-17(5-7-24)26-20-9-15-3-8-25(19(15)10-18(20)21)16-11-22-13-23-12-16/h3,8-14,17H,4-7H2,1-2H3.